The third-order valence-electron chi connectivity index (χ3n) is 3.60. The minimum absolute atomic E-state index is 0.261. The summed E-state index contributed by atoms with van der Waals surface area (Å²) in [7, 11) is 1.31. The van der Waals surface area contributed by atoms with Crippen molar-refractivity contribution in [3.63, 3.8) is 0 Å². The number of carbonyl (C=O) groups excluding carboxylic acids is 2. The van der Waals surface area contributed by atoms with Crippen LogP contribution in [0.1, 0.15) is 18.0 Å². The van der Waals surface area contributed by atoms with Crippen LogP contribution in [0.15, 0.2) is 24.3 Å². The SMILES string of the molecule is COC(=O)[C@@H](c1ccc(F)cc1)N1CC[C@H](C(N)=O)C1. The molecule has 0 bridgehead atoms. The molecule has 0 spiro atoms. The maximum absolute atomic E-state index is 13.0. The van der Waals surface area contributed by atoms with Gasteiger partial charge in [-0.15, -0.1) is 0 Å². The second-order valence-corrected chi connectivity index (χ2v) is 4.86. The molecular weight excluding hydrogens is 263 g/mol. The summed E-state index contributed by atoms with van der Waals surface area (Å²) in [6.45, 7) is 0.983. The smallest absolute Gasteiger partial charge is 0.327 e. The van der Waals surface area contributed by atoms with Crippen molar-refractivity contribution in [3.8, 4) is 0 Å². The van der Waals surface area contributed by atoms with Gasteiger partial charge in [-0.25, -0.2) is 9.18 Å². The standard InChI is InChI=1S/C14H17FN2O3/c1-20-14(19)12(9-2-4-11(15)5-3-9)17-7-6-10(8-17)13(16)18/h2-5,10,12H,6-8H2,1H3,(H2,16,18)/t10-,12+/m0/s1. The quantitative estimate of drug-likeness (QED) is 0.830. The van der Waals surface area contributed by atoms with Gasteiger partial charge in [0.15, 0.2) is 0 Å². The average Bonchev–Trinajstić information content (AvgIpc) is 2.90. The Hall–Kier alpha value is -1.95. The maximum Gasteiger partial charge on any atom is 0.327 e. The van der Waals surface area contributed by atoms with Gasteiger partial charge in [-0.3, -0.25) is 9.69 Å². The Labute approximate surface area is 116 Å². The van der Waals surface area contributed by atoms with Crippen molar-refractivity contribution in [2.24, 2.45) is 11.7 Å². The van der Waals surface area contributed by atoms with Gasteiger partial charge in [-0.2, -0.15) is 0 Å². The van der Waals surface area contributed by atoms with E-state index in [1.165, 1.54) is 19.2 Å². The number of benzene rings is 1. The van der Waals surface area contributed by atoms with Crippen LogP contribution in [0.2, 0.25) is 0 Å². The number of rotatable bonds is 4. The highest BCUT2D eigenvalue weighted by Crippen LogP contribution is 2.28. The number of likely N-dealkylation sites (tertiary alicyclic amines) is 1. The van der Waals surface area contributed by atoms with Crippen LogP contribution < -0.4 is 5.73 Å². The number of primary amides is 1. The van der Waals surface area contributed by atoms with E-state index in [-0.39, 0.29) is 17.6 Å². The molecule has 2 rings (SSSR count). The molecule has 1 aliphatic heterocycles. The van der Waals surface area contributed by atoms with Gasteiger partial charge >= 0.3 is 5.97 Å². The third kappa shape index (κ3) is 2.96. The minimum Gasteiger partial charge on any atom is -0.468 e. The van der Waals surface area contributed by atoms with Crippen LogP contribution in [0.4, 0.5) is 4.39 Å². The first kappa shape index (κ1) is 14.5. The molecule has 0 saturated carbocycles. The molecule has 0 aromatic heterocycles. The molecule has 5 nitrogen and oxygen atoms in total. The zero-order valence-corrected chi connectivity index (χ0v) is 11.2. The molecule has 1 aromatic rings. The third-order valence-corrected chi connectivity index (χ3v) is 3.60. The molecule has 2 atom stereocenters. The first-order chi connectivity index (χ1) is 9.52. The van der Waals surface area contributed by atoms with Crippen LogP contribution in [-0.4, -0.2) is 37.0 Å². The van der Waals surface area contributed by atoms with Crippen molar-refractivity contribution in [2.45, 2.75) is 12.5 Å². The van der Waals surface area contributed by atoms with Crippen molar-refractivity contribution >= 4 is 11.9 Å². The Morgan fingerprint density at radius 1 is 1.40 bits per heavy atom. The minimum atomic E-state index is -0.634. The number of hydrogen-bond donors (Lipinski definition) is 1. The van der Waals surface area contributed by atoms with E-state index in [9.17, 15) is 14.0 Å². The average molecular weight is 280 g/mol. The molecule has 1 fully saturated rings. The monoisotopic (exact) mass is 280 g/mol. The molecule has 1 saturated heterocycles. The lowest BCUT2D eigenvalue weighted by atomic mass is 10.1. The fraction of sp³-hybridized carbons (Fsp3) is 0.429. The van der Waals surface area contributed by atoms with Gasteiger partial charge in [0.05, 0.1) is 13.0 Å². The number of carbonyl (C=O) groups is 2. The Balaban J connectivity index is 2.23. The molecule has 1 amide bonds. The van der Waals surface area contributed by atoms with Crippen LogP contribution in [0.5, 0.6) is 0 Å². The summed E-state index contributed by atoms with van der Waals surface area (Å²) in [5.41, 5.74) is 5.94. The van der Waals surface area contributed by atoms with E-state index < -0.39 is 12.0 Å². The Kier molecular flexibility index (Phi) is 4.34. The summed E-state index contributed by atoms with van der Waals surface area (Å²) in [5, 5.41) is 0. The summed E-state index contributed by atoms with van der Waals surface area (Å²) >= 11 is 0. The number of nitrogens with zero attached hydrogens (tertiary/aromatic N) is 1. The van der Waals surface area contributed by atoms with E-state index in [4.69, 9.17) is 10.5 Å². The lowest BCUT2D eigenvalue weighted by Crippen LogP contribution is -2.35. The molecule has 0 unspecified atom stereocenters. The predicted octanol–water partition coefficient (Wildman–Crippen LogP) is 0.847. The Morgan fingerprint density at radius 3 is 2.55 bits per heavy atom. The van der Waals surface area contributed by atoms with Gasteiger partial charge in [0.1, 0.15) is 11.9 Å². The number of halogens is 1. The largest absolute Gasteiger partial charge is 0.468 e. The number of amides is 1. The summed E-state index contributed by atoms with van der Waals surface area (Å²) in [4.78, 5) is 25.0. The first-order valence-corrected chi connectivity index (χ1v) is 6.39. The fourth-order valence-electron chi connectivity index (χ4n) is 2.51. The number of hydrogen-bond acceptors (Lipinski definition) is 4. The first-order valence-electron chi connectivity index (χ1n) is 6.39. The molecule has 6 heteroatoms. The zero-order valence-electron chi connectivity index (χ0n) is 11.2. The van der Waals surface area contributed by atoms with E-state index in [0.29, 0.717) is 25.1 Å². The maximum atomic E-state index is 13.0. The molecule has 0 radical (unpaired) electrons. The molecule has 1 aromatic carbocycles. The highest BCUT2D eigenvalue weighted by Gasteiger charge is 2.36. The highest BCUT2D eigenvalue weighted by molar-refractivity contribution is 5.79. The number of nitrogens with two attached hydrogens (primary N) is 1. The van der Waals surface area contributed by atoms with Crippen LogP contribution in [0.3, 0.4) is 0 Å². The second-order valence-electron chi connectivity index (χ2n) is 4.86. The molecule has 2 N–H and O–H groups in total. The summed E-state index contributed by atoms with van der Waals surface area (Å²) in [6, 6.07) is 5.06. The molecule has 20 heavy (non-hydrogen) atoms. The van der Waals surface area contributed by atoms with E-state index in [2.05, 4.69) is 0 Å². The number of esters is 1. The molecule has 108 valence electrons. The summed E-state index contributed by atoms with van der Waals surface area (Å²) in [5.74, 6) is -1.42. The number of methoxy groups -OCH3 is 1. The van der Waals surface area contributed by atoms with Crippen molar-refractivity contribution in [3.05, 3.63) is 35.6 Å². The van der Waals surface area contributed by atoms with Gasteiger partial charge in [0, 0.05) is 13.1 Å². The van der Waals surface area contributed by atoms with E-state index >= 15 is 0 Å². The second kappa shape index (κ2) is 6.00. The van der Waals surface area contributed by atoms with Gasteiger partial charge in [0.25, 0.3) is 0 Å². The highest BCUT2D eigenvalue weighted by atomic mass is 19.1. The predicted molar refractivity (Wildman–Crippen MR) is 70.0 cm³/mol. The van der Waals surface area contributed by atoms with E-state index in [0.717, 1.165) is 0 Å². The zero-order chi connectivity index (χ0) is 14.7. The molecule has 1 heterocycles. The van der Waals surface area contributed by atoms with Crippen LogP contribution in [0, 0.1) is 11.7 Å². The van der Waals surface area contributed by atoms with Gasteiger partial charge in [-0.1, -0.05) is 12.1 Å². The van der Waals surface area contributed by atoms with E-state index in [1.54, 1.807) is 12.1 Å². The number of ether oxygens (including phenoxy) is 1. The molecule has 1 aliphatic rings. The lowest BCUT2D eigenvalue weighted by molar-refractivity contribution is -0.147. The van der Waals surface area contributed by atoms with Gasteiger partial charge in [-0.05, 0) is 24.1 Å². The molecule has 0 aliphatic carbocycles. The van der Waals surface area contributed by atoms with Crippen molar-refractivity contribution < 1.29 is 18.7 Å². The fourth-order valence-corrected chi connectivity index (χ4v) is 2.51. The van der Waals surface area contributed by atoms with Crippen LogP contribution >= 0.6 is 0 Å². The summed E-state index contributed by atoms with van der Waals surface area (Å²) in [6.07, 6.45) is 0.615. The van der Waals surface area contributed by atoms with Crippen molar-refractivity contribution in [1.29, 1.82) is 0 Å². The van der Waals surface area contributed by atoms with Crippen LogP contribution in [-0.2, 0) is 14.3 Å². The van der Waals surface area contributed by atoms with Crippen molar-refractivity contribution in [2.75, 3.05) is 20.2 Å². The topological polar surface area (TPSA) is 72.6 Å². The molecular formula is C14H17FN2O3. The summed E-state index contributed by atoms with van der Waals surface area (Å²) < 4.78 is 17.8. The Morgan fingerprint density at radius 2 is 2.05 bits per heavy atom. The van der Waals surface area contributed by atoms with Crippen LogP contribution in [0.25, 0.3) is 0 Å². The van der Waals surface area contributed by atoms with E-state index in [1.807, 2.05) is 4.90 Å². The lowest BCUT2D eigenvalue weighted by Gasteiger charge is -2.25. The Bertz CT molecular complexity index is 504. The van der Waals surface area contributed by atoms with Crippen molar-refractivity contribution in [1.82, 2.24) is 4.90 Å². The van der Waals surface area contributed by atoms with Gasteiger partial charge in [0.2, 0.25) is 5.91 Å². The van der Waals surface area contributed by atoms with Gasteiger partial charge < -0.3 is 10.5 Å². The normalized spacial score (nSPS) is 20.6.